The van der Waals surface area contributed by atoms with Gasteiger partial charge in [0.1, 0.15) is 5.69 Å². The van der Waals surface area contributed by atoms with Crippen LogP contribution in [0.5, 0.6) is 0 Å². The summed E-state index contributed by atoms with van der Waals surface area (Å²) in [6, 6.07) is 4.27. The van der Waals surface area contributed by atoms with Crippen molar-refractivity contribution in [3.8, 4) is 0 Å². The summed E-state index contributed by atoms with van der Waals surface area (Å²) < 4.78 is 9.73. The van der Waals surface area contributed by atoms with E-state index < -0.39 is 23.4 Å². The van der Waals surface area contributed by atoms with Gasteiger partial charge in [0.2, 0.25) is 0 Å². The summed E-state index contributed by atoms with van der Waals surface area (Å²) in [4.78, 5) is 36.6. The van der Waals surface area contributed by atoms with E-state index in [2.05, 4.69) is 12.2 Å². The number of rotatable bonds is 8. The standard InChI is InChI=1S/C18H25N3O6/c1-13-5-8-20(9-6-13)15-4-3-14(11-16(15)21(24)25)18(23)27-12-17(22)19-7-10-26-2/h3-4,11,13H,5-10,12H2,1-2H3,(H,19,22). The van der Waals surface area contributed by atoms with E-state index in [1.54, 1.807) is 6.07 Å². The summed E-state index contributed by atoms with van der Waals surface area (Å²) in [5.74, 6) is -0.641. The Morgan fingerprint density at radius 1 is 1.33 bits per heavy atom. The first-order valence-electron chi connectivity index (χ1n) is 8.88. The van der Waals surface area contributed by atoms with E-state index in [4.69, 9.17) is 9.47 Å². The molecule has 1 amide bonds. The van der Waals surface area contributed by atoms with Crippen LogP contribution < -0.4 is 10.2 Å². The molecule has 0 atom stereocenters. The quantitative estimate of drug-likeness (QED) is 0.317. The molecular formula is C18H25N3O6. The fourth-order valence-corrected chi connectivity index (χ4v) is 2.87. The fraction of sp³-hybridized carbons (Fsp3) is 0.556. The molecule has 1 aromatic rings. The second-order valence-electron chi connectivity index (χ2n) is 6.55. The first kappa shape index (κ1) is 20.6. The van der Waals surface area contributed by atoms with Crippen LogP contribution in [0, 0.1) is 16.0 Å². The minimum atomic E-state index is -0.779. The molecule has 0 spiro atoms. The lowest BCUT2D eigenvalue weighted by Crippen LogP contribution is -2.33. The number of hydrogen-bond donors (Lipinski definition) is 1. The van der Waals surface area contributed by atoms with Gasteiger partial charge in [-0.05, 0) is 30.9 Å². The lowest BCUT2D eigenvalue weighted by molar-refractivity contribution is -0.384. The number of methoxy groups -OCH3 is 1. The van der Waals surface area contributed by atoms with E-state index in [0.717, 1.165) is 25.9 Å². The maximum Gasteiger partial charge on any atom is 0.338 e. The van der Waals surface area contributed by atoms with Gasteiger partial charge in [-0.25, -0.2) is 4.79 Å². The van der Waals surface area contributed by atoms with E-state index in [9.17, 15) is 19.7 Å². The van der Waals surface area contributed by atoms with Gasteiger partial charge in [0.05, 0.1) is 17.1 Å². The van der Waals surface area contributed by atoms with Gasteiger partial charge in [0, 0.05) is 32.8 Å². The van der Waals surface area contributed by atoms with Crippen LogP contribution >= 0.6 is 0 Å². The highest BCUT2D eigenvalue weighted by Gasteiger charge is 2.25. The van der Waals surface area contributed by atoms with Crippen molar-refractivity contribution < 1.29 is 24.0 Å². The van der Waals surface area contributed by atoms with Crippen LogP contribution in [0.1, 0.15) is 30.1 Å². The number of nitrogens with one attached hydrogen (secondary N) is 1. The highest BCUT2D eigenvalue weighted by molar-refractivity contribution is 5.93. The third-order valence-electron chi connectivity index (χ3n) is 4.49. The predicted molar refractivity (Wildman–Crippen MR) is 98.9 cm³/mol. The average Bonchev–Trinajstić information content (AvgIpc) is 2.66. The summed E-state index contributed by atoms with van der Waals surface area (Å²) in [5.41, 5.74) is 0.407. The summed E-state index contributed by atoms with van der Waals surface area (Å²) in [5, 5.41) is 14.0. The lowest BCUT2D eigenvalue weighted by atomic mass is 9.98. The Morgan fingerprint density at radius 2 is 2.04 bits per heavy atom. The van der Waals surface area contributed by atoms with E-state index in [-0.39, 0.29) is 11.3 Å². The van der Waals surface area contributed by atoms with Gasteiger partial charge in [-0.15, -0.1) is 0 Å². The zero-order valence-electron chi connectivity index (χ0n) is 15.6. The van der Waals surface area contributed by atoms with Gasteiger partial charge in [0.15, 0.2) is 6.61 Å². The minimum Gasteiger partial charge on any atom is -0.452 e. The lowest BCUT2D eigenvalue weighted by Gasteiger charge is -2.31. The number of nitrogens with zero attached hydrogens (tertiary/aromatic N) is 2. The Bertz CT molecular complexity index is 686. The molecule has 1 saturated heterocycles. The number of anilines is 1. The molecule has 0 aliphatic carbocycles. The Morgan fingerprint density at radius 3 is 2.67 bits per heavy atom. The summed E-state index contributed by atoms with van der Waals surface area (Å²) in [6.45, 7) is 3.85. The summed E-state index contributed by atoms with van der Waals surface area (Å²) in [7, 11) is 1.51. The Labute approximate surface area is 157 Å². The van der Waals surface area contributed by atoms with Crippen LogP contribution in [0.2, 0.25) is 0 Å². The number of benzene rings is 1. The van der Waals surface area contributed by atoms with Crippen molar-refractivity contribution >= 4 is 23.3 Å². The number of carbonyl (C=O) groups excluding carboxylic acids is 2. The van der Waals surface area contributed by atoms with Gasteiger partial charge in [-0.1, -0.05) is 6.92 Å². The molecule has 27 heavy (non-hydrogen) atoms. The van der Waals surface area contributed by atoms with Crippen molar-refractivity contribution in [3.63, 3.8) is 0 Å². The molecule has 0 saturated carbocycles. The first-order valence-corrected chi connectivity index (χ1v) is 8.88. The molecule has 0 aromatic heterocycles. The number of ether oxygens (including phenoxy) is 2. The van der Waals surface area contributed by atoms with Crippen molar-refractivity contribution in [2.75, 3.05) is 44.9 Å². The average molecular weight is 379 g/mol. The van der Waals surface area contributed by atoms with Crippen LogP contribution in [0.4, 0.5) is 11.4 Å². The summed E-state index contributed by atoms with van der Waals surface area (Å²) >= 11 is 0. The molecule has 0 radical (unpaired) electrons. The van der Waals surface area contributed by atoms with E-state index >= 15 is 0 Å². The topological polar surface area (TPSA) is 111 Å². The van der Waals surface area contributed by atoms with E-state index in [0.29, 0.717) is 24.8 Å². The number of hydrogen-bond acceptors (Lipinski definition) is 7. The molecule has 1 aliphatic heterocycles. The van der Waals surface area contributed by atoms with Gasteiger partial charge < -0.3 is 19.7 Å². The Kier molecular flexibility index (Phi) is 7.54. The van der Waals surface area contributed by atoms with Crippen LogP contribution in [-0.4, -0.2) is 56.8 Å². The van der Waals surface area contributed by atoms with Crippen molar-refractivity contribution in [1.82, 2.24) is 5.32 Å². The minimum absolute atomic E-state index is 0.0421. The molecule has 1 aromatic carbocycles. The smallest absolute Gasteiger partial charge is 0.338 e. The molecule has 0 unspecified atom stereocenters. The molecule has 9 heteroatoms. The molecule has 148 valence electrons. The summed E-state index contributed by atoms with van der Waals surface area (Å²) in [6.07, 6.45) is 1.94. The van der Waals surface area contributed by atoms with Crippen molar-refractivity contribution in [2.24, 2.45) is 5.92 Å². The maximum absolute atomic E-state index is 12.1. The number of piperidine rings is 1. The monoisotopic (exact) mass is 379 g/mol. The van der Waals surface area contributed by atoms with Gasteiger partial charge in [0.25, 0.3) is 11.6 Å². The van der Waals surface area contributed by atoms with Crippen molar-refractivity contribution in [2.45, 2.75) is 19.8 Å². The molecule has 1 aliphatic rings. The maximum atomic E-state index is 12.1. The van der Waals surface area contributed by atoms with Crippen molar-refractivity contribution in [3.05, 3.63) is 33.9 Å². The first-order chi connectivity index (χ1) is 12.9. The molecule has 1 N–H and O–H groups in total. The number of nitro benzene ring substituents is 1. The van der Waals surface area contributed by atoms with E-state index in [1.165, 1.54) is 19.2 Å². The molecule has 2 rings (SSSR count). The van der Waals surface area contributed by atoms with Crippen LogP contribution in [0.15, 0.2) is 18.2 Å². The third kappa shape index (κ3) is 5.92. The molecule has 0 bridgehead atoms. The number of esters is 1. The normalized spacial score (nSPS) is 14.7. The van der Waals surface area contributed by atoms with Gasteiger partial charge in [-0.2, -0.15) is 0 Å². The highest BCUT2D eigenvalue weighted by Crippen LogP contribution is 2.32. The Balaban J connectivity index is 2.03. The number of amides is 1. The van der Waals surface area contributed by atoms with Gasteiger partial charge in [-0.3, -0.25) is 14.9 Å². The molecular weight excluding hydrogens is 354 g/mol. The van der Waals surface area contributed by atoms with Crippen LogP contribution in [0.25, 0.3) is 0 Å². The Hall–Kier alpha value is -2.68. The molecule has 9 nitrogen and oxygen atoms in total. The zero-order valence-corrected chi connectivity index (χ0v) is 15.6. The largest absolute Gasteiger partial charge is 0.452 e. The predicted octanol–water partition coefficient (Wildman–Crippen LogP) is 1.75. The third-order valence-corrected chi connectivity index (χ3v) is 4.49. The second-order valence-corrected chi connectivity index (χ2v) is 6.55. The highest BCUT2D eigenvalue weighted by atomic mass is 16.6. The fourth-order valence-electron chi connectivity index (χ4n) is 2.87. The van der Waals surface area contributed by atoms with Crippen molar-refractivity contribution in [1.29, 1.82) is 0 Å². The van der Waals surface area contributed by atoms with E-state index in [1.807, 2.05) is 4.90 Å². The SMILES string of the molecule is COCCNC(=O)COC(=O)c1ccc(N2CCC(C)CC2)c([N+](=O)[O-])c1. The molecule has 1 heterocycles. The van der Waals surface area contributed by atoms with Crippen LogP contribution in [-0.2, 0) is 14.3 Å². The van der Waals surface area contributed by atoms with Gasteiger partial charge >= 0.3 is 5.97 Å². The second kappa shape index (κ2) is 9.86. The zero-order chi connectivity index (χ0) is 19.8. The molecule has 1 fully saturated rings. The number of nitro groups is 1. The van der Waals surface area contributed by atoms with Crippen LogP contribution in [0.3, 0.4) is 0 Å². The number of carbonyl (C=O) groups is 2.